The van der Waals surface area contributed by atoms with Crippen LogP contribution in [0.2, 0.25) is 0 Å². The Morgan fingerprint density at radius 3 is 3.00 bits per heavy atom. The first-order valence-electron chi connectivity index (χ1n) is 5.14. The fourth-order valence-corrected chi connectivity index (χ4v) is 1.56. The van der Waals surface area contributed by atoms with Gasteiger partial charge in [0.1, 0.15) is 5.84 Å². The third kappa shape index (κ3) is 1.77. The number of aliphatic imine (C=N–C) groups is 1. The number of hydrazine groups is 1. The molecule has 2 N–H and O–H groups in total. The standard InChI is InChI=1S/C11H17N3O/c1-8-4-5-9-12-10(11(2,3)7-15)13-14(9)6-8/h4-6,9,15H,7H2,1-3H3,(H,12,13). The van der Waals surface area contributed by atoms with Gasteiger partial charge in [0.2, 0.25) is 0 Å². The number of nitrogens with one attached hydrogen (secondary N) is 1. The van der Waals surface area contributed by atoms with Crippen LogP contribution >= 0.6 is 0 Å². The van der Waals surface area contributed by atoms with Gasteiger partial charge in [0.15, 0.2) is 6.17 Å². The summed E-state index contributed by atoms with van der Waals surface area (Å²) in [6.45, 7) is 6.07. The number of allylic oxidation sites excluding steroid dienone is 2. The smallest absolute Gasteiger partial charge is 0.160 e. The maximum atomic E-state index is 9.27. The molecule has 2 rings (SSSR count). The molecule has 2 aliphatic heterocycles. The Morgan fingerprint density at radius 2 is 2.33 bits per heavy atom. The lowest BCUT2D eigenvalue weighted by Crippen LogP contribution is -2.43. The van der Waals surface area contributed by atoms with Crippen molar-refractivity contribution in [2.24, 2.45) is 10.4 Å². The third-order valence-electron chi connectivity index (χ3n) is 2.69. The van der Waals surface area contributed by atoms with Crippen molar-refractivity contribution in [3.8, 4) is 0 Å². The van der Waals surface area contributed by atoms with Crippen LogP contribution in [-0.4, -0.2) is 28.7 Å². The first-order valence-corrected chi connectivity index (χ1v) is 5.14. The molecule has 4 nitrogen and oxygen atoms in total. The Hall–Kier alpha value is -1.29. The summed E-state index contributed by atoms with van der Waals surface area (Å²) < 4.78 is 0. The van der Waals surface area contributed by atoms with Crippen molar-refractivity contribution in [3.63, 3.8) is 0 Å². The maximum Gasteiger partial charge on any atom is 0.160 e. The number of hydrogen-bond acceptors (Lipinski definition) is 4. The van der Waals surface area contributed by atoms with Gasteiger partial charge in [-0.2, -0.15) is 0 Å². The fraction of sp³-hybridized carbons (Fsp3) is 0.545. The zero-order valence-electron chi connectivity index (χ0n) is 9.36. The summed E-state index contributed by atoms with van der Waals surface area (Å²) in [5, 5.41) is 11.2. The Morgan fingerprint density at radius 1 is 1.60 bits per heavy atom. The van der Waals surface area contributed by atoms with Gasteiger partial charge in [-0.15, -0.1) is 0 Å². The number of nitrogens with zero attached hydrogens (tertiary/aromatic N) is 2. The summed E-state index contributed by atoms with van der Waals surface area (Å²) in [5.74, 6) is 0.839. The summed E-state index contributed by atoms with van der Waals surface area (Å²) >= 11 is 0. The lowest BCUT2D eigenvalue weighted by atomic mass is 9.93. The summed E-state index contributed by atoms with van der Waals surface area (Å²) in [6.07, 6.45) is 6.16. The van der Waals surface area contributed by atoms with Crippen molar-refractivity contribution >= 4 is 5.84 Å². The van der Waals surface area contributed by atoms with Gasteiger partial charge in [-0.05, 0) is 18.6 Å². The van der Waals surface area contributed by atoms with E-state index in [4.69, 9.17) is 0 Å². The van der Waals surface area contributed by atoms with Crippen molar-refractivity contribution in [3.05, 3.63) is 23.9 Å². The quantitative estimate of drug-likeness (QED) is 0.711. The average Bonchev–Trinajstić information content (AvgIpc) is 2.61. The van der Waals surface area contributed by atoms with E-state index in [0.717, 1.165) is 5.84 Å². The lowest BCUT2D eigenvalue weighted by molar-refractivity contribution is 0.206. The summed E-state index contributed by atoms with van der Waals surface area (Å²) in [6, 6.07) is 0. The topological polar surface area (TPSA) is 47.9 Å². The van der Waals surface area contributed by atoms with Gasteiger partial charge in [-0.3, -0.25) is 10.4 Å². The second kappa shape index (κ2) is 3.38. The molecule has 4 heteroatoms. The van der Waals surface area contributed by atoms with Crippen LogP contribution in [0.15, 0.2) is 28.9 Å². The number of rotatable bonds is 2. The van der Waals surface area contributed by atoms with Crippen LogP contribution < -0.4 is 5.43 Å². The molecule has 2 heterocycles. The van der Waals surface area contributed by atoms with Crippen molar-refractivity contribution in [1.82, 2.24) is 10.4 Å². The predicted molar refractivity (Wildman–Crippen MR) is 60.0 cm³/mol. The van der Waals surface area contributed by atoms with Gasteiger partial charge >= 0.3 is 0 Å². The van der Waals surface area contributed by atoms with Crippen LogP contribution in [0.25, 0.3) is 0 Å². The SMILES string of the molecule is CC1=CN2NC(C(C)(C)CO)=NC2C=C1. The molecule has 0 fully saturated rings. The van der Waals surface area contributed by atoms with E-state index in [2.05, 4.69) is 16.5 Å². The third-order valence-corrected chi connectivity index (χ3v) is 2.69. The fourth-order valence-electron chi connectivity index (χ4n) is 1.56. The molecule has 0 bridgehead atoms. The highest BCUT2D eigenvalue weighted by Gasteiger charge is 2.32. The summed E-state index contributed by atoms with van der Waals surface area (Å²) in [7, 11) is 0. The predicted octanol–water partition coefficient (Wildman–Crippen LogP) is 1.02. The van der Waals surface area contributed by atoms with Gasteiger partial charge < -0.3 is 5.11 Å². The molecule has 1 atom stereocenters. The van der Waals surface area contributed by atoms with Crippen molar-refractivity contribution in [2.45, 2.75) is 26.9 Å². The molecule has 0 amide bonds. The van der Waals surface area contributed by atoms with Crippen LogP contribution in [-0.2, 0) is 0 Å². The van der Waals surface area contributed by atoms with Crippen molar-refractivity contribution in [2.75, 3.05) is 6.61 Å². The van der Waals surface area contributed by atoms with Gasteiger partial charge in [-0.1, -0.05) is 19.9 Å². The van der Waals surface area contributed by atoms with Gasteiger partial charge in [0.25, 0.3) is 0 Å². The molecule has 0 aromatic rings. The molecule has 15 heavy (non-hydrogen) atoms. The first-order chi connectivity index (χ1) is 7.03. The normalized spacial score (nSPS) is 24.5. The largest absolute Gasteiger partial charge is 0.395 e. The van der Waals surface area contributed by atoms with Crippen molar-refractivity contribution < 1.29 is 5.11 Å². The molecule has 0 aromatic carbocycles. The summed E-state index contributed by atoms with van der Waals surface area (Å²) in [5.41, 5.74) is 4.09. The van der Waals surface area contributed by atoms with E-state index in [9.17, 15) is 5.11 Å². The summed E-state index contributed by atoms with van der Waals surface area (Å²) in [4.78, 5) is 4.53. The Balaban J connectivity index is 2.19. The van der Waals surface area contributed by atoms with Crippen LogP contribution in [0.1, 0.15) is 20.8 Å². The Labute approximate surface area is 90.0 Å². The van der Waals surface area contributed by atoms with E-state index in [0.29, 0.717) is 0 Å². The van der Waals surface area contributed by atoms with E-state index in [1.807, 2.05) is 38.1 Å². The first kappa shape index (κ1) is 10.2. The maximum absolute atomic E-state index is 9.27. The van der Waals surface area contributed by atoms with Gasteiger partial charge in [-0.25, -0.2) is 4.99 Å². The van der Waals surface area contributed by atoms with Crippen LogP contribution in [0.4, 0.5) is 0 Å². The molecule has 0 spiro atoms. The molecule has 0 aromatic heterocycles. The highest BCUT2D eigenvalue weighted by atomic mass is 16.3. The highest BCUT2D eigenvalue weighted by Crippen LogP contribution is 2.24. The highest BCUT2D eigenvalue weighted by molar-refractivity contribution is 5.88. The molecule has 0 saturated heterocycles. The average molecular weight is 207 g/mol. The van der Waals surface area contributed by atoms with Crippen LogP contribution in [0.3, 0.4) is 0 Å². The van der Waals surface area contributed by atoms with Gasteiger partial charge in [0.05, 0.1) is 6.61 Å². The minimum atomic E-state index is -0.313. The molecular formula is C11H17N3O. The van der Waals surface area contributed by atoms with Gasteiger partial charge in [0, 0.05) is 11.6 Å². The molecule has 0 saturated carbocycles. The zero-order chi connectivity index (χ0) is 11.1. The minimum Gasteiger partial charge on any atom is -0.395 e. The molecule has 82 valence electrons. The van der Waals surface area contributed by atoms with Crippen LogP contribution in [0, 0.1) is 5.41 Å². The molecule has 0 aliphatic carbocycles. The van der Waals surface area contributed by atoms with E-state index >= 15 is 0 Å². The van der Waals surface area contributed by atoms with E-state index < -0.39 is 0 Å². The number of aliphatic hydroxyl groups excluding tert-OH is 1. The Bertz CT molecular complexity index is 355. The monoisotopic (exact) mass is 207 g/mol. The number of amidine groups is 1. The molecule has 2 aliphatic rings. The second-order valence-corrected chi connectivity index (χ2v) is 4.68. The van der Waals surface area contributed by atoms with Crippen LogP contribution in [0.5, 0.6) is 0 Å². The molecular weight excluding hydrogens is 190 g/mol. The van der Waals surface area contributed by atoms with E-state index in [1.54, 1.807) is 0 Å². The number of aliphatic hydroxyl groups is 1. The second-order valence-electron chi connectivity index (χ2n) is 4.68. The lowest BCUT2D eigenvalue weighted by Gasteiger charge is -2.26. The number of hydrogen-bond donors (Lipinski definition) is 2. The Kier molecular flexibility index (Phi) is 2.31. The number of fused-ring (bicyclic) bond motifs is 1. The van der Waals surface area contributed by atoms with E-state index in [1.165, 1.54) is 5.57 Å². The van der Waals surface area contributed by atoms with Crippen molar-refractivity contribution in [1.29, 1.82) is 0 Å². The zero-order valence-corrected chi connectivity index (χ0v) is 9.36. The minimum absolute atomic E-state index is 0.0366. The molecule has 1 unspecified atom stereocenters. The molecule has 0 radical (unpaired) electrons. The van der Waals surface area contributed by atoms with E-state index in [-0.39, 0.29) is 18.2 Å².